The van der Waals surface area contributed by atoms with E-state index in [9.17, 15) is 10.4 Å². The second-order valence-corrected chi connectivity index (χ2v) is 7.84. The lowest BCUT2D eigenvalue weighted by atomic mass is 10.2. The van der Waals surface area contributed by atoms with Crippen molar-refractivity contribution in [2.24, 2.45) is 7.05 Å². The lowest BCUT2D eigenvalue weighted by Gasteiger charge is -2.09. The number of imidazole rings is 1. The van der Waals surface area contributed by atoms with E-state index in [4.69, 9.17) is 0 Å². The Labute approximate surface area is 183 Å². The number of nitrogens with zero attached hydrogens (tertiary/aromatic N) is 7. The Balaban J connectivity index is 1.63. The predicted octanol–water partition coefficient (Wildman–Crippen LogP) is 4.22. The molecule has 0 fully saturated rings. The lowest BCUT2D eigenvalue weighted by Crippen LogP contribution is -2.04. The van der Waals surface area contributed by atoms with Crippen LogP contribution in [0.4, 0.5) is 0 Å². The van der Waals surface area contributed by atoms with Crippen molar-refractivity contribution in [2.45, 2.75) is 25.0 Å². The summed E-state index contributed by atoms with van der Waals surface area (Å²) in [6, 6.07) is 13.5. The van der Waals surface area contributed by atoms with Crippen molar-refractivity contribution in [3.8, 4) is 17.5 Å². The van der Waals surface area contributed by atoms with Crippen molar-refractivity contribution in [2.75, 3.05) is 5.75 Å². The molecule has 0 amide bonds. The second-order valence-electron chi connectivity index (χ2n) is 6.90. The summed E-state index contributed by atoms with van der Waals surface area (Å²) in [6.07, 6.45) is 4.35. The van der Waals surface area contributed by atoms with Gasteiger partial charge >= 0.3 is 0 Å². The summed E-state index contributed by atoms with van der Waals surface area (Å²) >= 11 is 1.34. The molecule has 0 spiro atoms. The summed E-state index contributed by atoms with van der Waals surface area (Å²) in [5.41, 5.74) is 2.76. The van der Waals surface area contributed by atoms with Crippen LogP contribution in [0.15, 0.2) is 59.7 Å². The largest absolute Gasteiger partial charge is 0.510 e. The number of rotatable bonds is 7. The number of aliphatic hydroxyl groups excluding tert-OH is 1. The Morgan fingerprint density at radius 3 is 2.65 bits per heavy atom. The Bertz CT molecular complexity index is 1280. The van der Waals surface area contributed by atoms with Crippen LogP contribution < -0.4 is 0 Å². The number of benzene rings is 1. The van der Waals surface area contributed by atoms with Gasteiger partial charge in [-0.15, -0.1) is 10.2 Å². The first kappa shape index (κ1) is 20.6. The van der Waals surface area contributed by atoms with Gasteiger partial charge in [0.05, 0.1) is 16.8 Å². The van der Waals surface area contributed by atoms with Gasteiger partial charge in [-0.25, -0.2) is 4.98 Å². The van der Waals surface area contributed by atoms with Crippen LogP contribution in [0.5, 0.6) is 0 Å². The second kappa shape index (κ2) is 9.02. The zero-order valence-corrected chi connectivity index (χ0v) is 18.0. The molecule has 0 atom stereocenters. The van der Waals surface area contributed by atoms with Crippen molar-refractivity contribution in [1.29, 1.82) is 5.26 Å². The first-order valence-electron chi connectivity index (χ1n) is 9.84. The maximum atomic E-state index is 10.7. The Kier molecular flexibility index (Phi) is 6.00. The quantitative estimate of drug-likeness (QED) is 0.265. The zero-order chi connectivity index (χ0) is 21.8. The number of aryl methyl sites for hydroxylation is 1. The van der Waals surface area contributed by atoms with Crippen molar-refractivity contribution in [3.63, 3.8) is 0 Å². The third kappa shape index (κ3) is 4.02. The van der Waals surface area contributed by atoms with Crippen LogP contribution in [0.2, 0.25) is 0 Å². The highest BCUT2D eigenvalue weighted by molar-refractivity contribution is 7.99. The molecule has 1 N–H and O–H groups in total. The maximum absolute atomic E-state index is 10.7. The number of aliphatic hydroxyl groups is 1. The molecule has 31 heavy (non-hydrogen) atoms. The van der Waals surface area contributed by atoms with Gasteiger partial charge in [-0.05, 0) is 30.7 Å². The molecule has 156 valence electrons. The zero-order valence-electron chi connectivity index (χ0n) is 17.2. The Morgan fingerprint density at radius 2 is 1.94 bits per heavy atom. The van der Waals surface area contributed by atoms with Gasteiger partial charge in [0.15, 0.2) is 16.8 Å². The third-order valence-corrected chi connectivity index (χ3v) is 5.83. The summed E-state index contributed by atoms with van der Waals surface area (Å²) in [7, 11) is 1.83. The summed E-state index contributed by atoms with van der Waals surface area (Å²) in [5.74, 6) is 1.34. The molecule has 4 aromatic rings. The van der Waals surface area contributed by atoms with Crippen LogP contribution in [0.25, 0.3) is 28.0 Å². The molecule has 0 unspecified atom stereocenters. The number of para-hydroxylation sites is 2. The van der Waals surface area contributed by atoms with E-state index in [1.165, 1.54) is 11.8 Å². The fourth-order valence-corrected chi connectivity index (χ4v) is 4.20. The standard InChI is InChI=1S/C22H21N7OS/c1-3-12-29-20(15-8-10-24-11-9-15)26-27-22(29)31-14-19(30)16(13-23)21-25-17-6-4-5-7-18(17)28(21)2/h4-11,30H,3,12,14H2,1-2H3/b19-16-. The average molecular weight is 432 g/mol. The van der Waals surface area contributed by atoms with Crippen molar-refractivity contribution >= 4 is 28.4 Å². The van der Waals surface area contributed by atoms with E-state index in [0.717, 1.165) is 35.4 Å². The number of nitriles is 1. The molecule has 0 aliphatic rings. The van der Waals surface area contributed by atoms with E-state index in [2.05, 4.69) is 33.2 Å². The molecule has 0 aliphatic carbocycles. The van der Waals surface area contributed by atoms with Gasteiger partial charge in [-0.3, -0.25) is 4.98 Å². The fourth-order valence-electron chi connectivity index (χ4n) is 3.35. The number of fused-ring (bicyclic) bond motifs is 1. The number of pyridine rings is 1. The van der Waals surface area contributed by atoms with Crippen LogP contribution in [0, 0.1) is 11.3 Å². The predicted molar refractivity (Wildman–Crippen MR) is 120 cm³/mol. The van der Waals surface area contributed by atoms with Gasteiger partial charge in [0, 0.05) is 31.5 Å². The van der Waals surface area contributed by atoms with E-state index >= 15 is 0 Å². The van der Waals surface area contributed by atoms with E-state index in [1.54, 1.807) is 12.4 Å². The number of aromatic nitrogens is 6. The molecule has 4 rings (SSSR count). The number of thioether (sulfide) groups is 1. The Hall–Kier alpha value is -3.64. The van der Waals surface area contributed by atoms with Gasteiger partial charge in [-0.2, -0.15) is 5.26 Å². The SMILES string of the molecule is CCCn1c(SC/C(O)=C(\C#N)c2nc3ccccc3n2C)nnc1-c1ccncc1. The van der Waals surface area contributed by atoms with E-state index < -0.39 is 0 Å². The van der Waals surface area contributed by atoms with Crippen molar-refractivity contribution < 1.29 is 5.11 Å². The summed E-state index contributed by atoms with van der Waals surface area (Å²) in [4.78, 5) is 8.58. The average Bonchev–Trinajstić information content (AvgIpc) is 3.35. The molecule has 9 heteroatoms. The summed E-state index contributed by atoms with van der Waals surface area (Å²) in [5, 5.41) is 29.8. The van der Waals surface area contributed by atoms with Gasteiger partial charge in [0.2, 0.25) is 0 Å². The van der Waals surface area contributed by atoms with Gasteiger partial charge in [-0.1, -0.05) is 30.8 Å². The van der Waals surface area contributed by atoms with E-state index in [-0.39, 0.29) is 17.1 Å². The molecule has 8 nitrogen and oxygen atoms in total. The maximum Gasteiger partial charge on any atom is 0.191 e. The first-order valence-corrected chi connectivity index (χ1v) is 10.8. The van der Waals surface area contributed by atoms with Crippen LogP contribution in [-0.4, -0.2) is 40.2 Å². The van der Waals surface area contributed by atoms with Crippen molar-refractivity contribution in [3.05, 3.63) is 60.4 Å². The minimum absolute atomic E-state index is 0.0394. The van der Waals surface area contributed by atoms with Crippen LogP contribution in [-0.2, 0) is 13.6 Å². The molecular formula is C22H21N7OS. The summed E-state index contributed by atoms with van der Waals surface area (Å²) < 4.78 is 3.84. The highest BCUT2D eigenvalue weighted by atomic mass is 32.2. The molecule has 0 aliphatic heterocycles. The molecule has 0 saturated heterocycles. The van der Waals surface area contributed by atoms with Crippen LogP contribution >= 0.6 is 11.8 Å². The lowest BCUT2D eigenvalue weighted by molar-refractivity contribution is 0.420. The molecule has 0 radical (unpaired) electrons. The number of hydrogen-bond acceptors (Lipinski definition) is 7. The summed E-state index contributed by atoms with van der Waals surface area (Å²) in [6.45, 7) is 2.83. The van der Waals surface area contributed by atoms with Crippen LogP contribution in [0.3, 0.4) is 0 Å². The number of allylic oxidation sites excluding steroid dienone is 1. The number of hydrogen-bond donors (Lipinski definition) is 1. The molecule has 0 bridgehead atoms. The third-order valence-electron chi connectivity index (χ3n) is 4.85. The minimum Gasteiger partial charge on any atom is -0.510 e. The highest BCUT2D eigenvalue weighted by Gasteiger charge is 2.19. The minimum atomic E-state index is -0.0394. The monoisotopic (exact) mass is 431 g/mol. The molecular weight excluding hydrogens is 410 g/mol. The molecule has 3 aromatic heterocycles. The normalized spacial score (nSPS) is 12.0. The Morgan fingerprint density at radius 1 is 1.16 bits per heavy atom. The topological polar surface area (TPSA) is 105 Å². The molecule has 1 aromatic carbocycles. The van der Waals surface area contributed by atoms with Gasteiger partial charge in [0.1, 0.15) is 17.4 Å². The molecule has 3 heterocycles. The molecule has 0 saturated carbocycles. The first-order chi connectivity index (χ1) is 15.1. The van der Waals surface area contributed by atoms with Gasteiger partial charge < -0.3 is 14.2 Å². The van der Waals surface area contributed by atoms with Crippen LogP contribution in [0.1, 0.15) is 19.2 Å². The fraction of sp³-hybridized carbons (Fsp3) is 0.227. The highest BCUT2D eigenvalue weighted by Crippen LogP contribution is 2.28. The smallest absolute Gasteiger partial charge is 0.191 e. The van der Waals surface area contributed by atoms with Gasteiger partial charge in [0.25, 0.3) is 0 Å². The van der Waals surface area contributed by atoms with E-state index in [1.807, 2.05) is 52.6 Å². The van der Waals surface area contributed by atoms with E-state index in [0.29, 0.717) is 11.0 Å². The van der Waals surface area contributed by atoms with Crippen molar-refractivity contribution in [1.82, 2.24) is 29.3 Å².